The third kappa shape index (κ3) is 5.21. The van der Waals surface area contributed by atoms with E-state index in [1.165, 1.54) is 11.1 Å². The number of amides is 2. The van der Waals surface area contributed by atoms with E-state index in [2.05, 4.69) is 54.0 Å². The molecule has 3 heterocycles. The molecule has 0 aliphatic carbocycles. The van der Waals surface area contributed by atoms with Crippen molar-refractivity contribution in [2.75, 3.05) is 26.7 Å². The van der Waals surface area contributed by atoms with E-state index < -0.39 is 0 Å². The predicted molar refractivity (Wildman–Crippen MR) is 143 cm³/mol. The lowest BCUT2D eigenvalue weighted by Gasteiger charge is -2.37. The minimum Gasteiger partial charge on any atom is -0.340 e. The zero-order chi connectivity index (χ0) is 25.1. The summed E-state index contributed by atoms with van der Waals surface area (Å²) in [6.07, 6.45) is 4.60. The minimum atomic E-state index is -0.388. The smallest absolute Gasteiger partial charge is 0.245 e. The average molecular weight is 489 g/mol. The van der Waals surface area contributed by atoms with E-state index in [0.717, 1.165) is 38.8 Å². The van der Waals surface area contributed by atoms with Gasteiger partial charge in [0.2, 0.25) is 11.8 Å². The summed E-state index contributed by atoms with van der Waals surface area (Å²) in [4.78, 5) is 31.8. The zero-order valence-corrected chi connectivity index (χ0v) is 21.6. The molecule has 3 saturated heterocycles. The number of nitrogens with one attached hydrogen (secondary N) is 2. The van der Waals surface area contributed by atoms with Crippen molar-refractivity contribution in [3.8, 4) is 0 Å². The lowest BCUT2D eigenvalue weighted by molar-refractivity contribution is -0.144. The Morgan fingerprint density at radius 1 is 0.889 bits per heavy atom. The standard InChI is InChI=1S/C30H40N4O2/c1-21(31-2)26-14-9-15-27(32-26)29(35)34-20-25(23-12-7-4-8-13-23)18-28(34)30(36)33-17-16-24(19-33)22-10-5-3-6-11-22/h3-8,10-13,21,24-28,31-32H,9,14-20H2,1-2H3/t21?,24?,25-,26?,27?,28-/m0/s1. The highest BCUT2D eigenvalue weighted by Crippen LogP contribution is 2.36. The number of benzene rings is 2. The van der Waals surface area contributed by atoms with Crippen LogP contribution in [-0.4, -0.2) is 72.5 Å². The number of carbonyl (C=O) groups is 2. The summed E-state index contributed by atoms with van der Waals surface area (Å²) in [6.45, 7) is 4.27. The Hall–Kier alpha value is -2.70. The molecule has 0 aromatic heterocycles. The van der Waals surface area contributed by atoms with Crippen LogP contribution >= 0.6 is 0 Å². The molecule has 2 aromatic rings. The minimum absolute atomic E-state index is 0.0959. The van der Waals surface area contributed by atoms with E-state index in [1.807, 2.05) is 41.1 Å². The van der Waals surface area contributed by atoms with Gasteiger partial charge in [-0.2, -0.15) is 0 Å². The largest absolute Gasteiger partial charge is 0.340 e. The molecule has 0 bridgehead atoms. The second-order valence-corrected chi connectivity index (χ2v) is 10.9. The van der Waals surface area contributed by atoms with Crippen molar-refractivity contribution in [2.24, 2.45) is 0 Å². The van der Waals surface area contributed by atoms with Crippen LogP contribution < -0.4 is 10.6 Å². The quantitative estimate of drug-likeness (QED) is 0.653. The van der Waals surface area contributed by atoms with Crippen molar-refractivity contribution < 1.29 is 9.59 Å². The Morgan fingerprint density at radius 3 is 2.22 bits per heavy atom. The molecule has 6 atom stereocenters. The summed E-state index contributed by atoms with van der Waals surface area (Å²) in [5, 5.41) is 6.94. The summed E-state index contributed by atoms with van der Waals surface area (Å²) in [7, 11) is 1.97. The molecule has 0 spiro atoms. The van der Waals surface area contributed by atoms with Crippen LogP contribution in [0.3, 0.4) is 0 Å². The molecule has 5 rings (SSSR count). The van der Waals surface area contributed by atoms with Gasteiger partial charge in [-0.3, -0.25) is 9.59 Å². The van der Waals surface area contributed by atoms with Crippen molar-refractivity contribution in [2.45, 2.75) is 75.0 Å². The van der Waals surface area contributed by atoms with Gasteiger partial charge < -0.3 is 20.4 Å². The first-order valence-electron chi connectivity index (χ1n) is 13.7. The van der Waals surface area contributed by atoms with E-state index in [4.69, 9.17) is 0 Å². The van der Waals surface area contributed by atoms with E-state index in [1.54, 1.807) is 0 Å². The third-order valence-electron chi connectivity index (χ3n) is 8.69. The molecule has 6 nitrogen and oxygen atoms in total. The number of hydrogen-bond acceptors (Lipinski definition) is 4. The molecule has 0 radical (unpaired) electrons. The molecule has 2 N–H and O–H groups in total. The van der Waals surface area contributed by atoms with Gasteiger partial charge in [0.1, 0.15) is 6.04 Å². The van der Waals surface area contributed by atoms with Crippen LogP contribution in [0.25, 0.3) is 0 Å². The van der Waals surface area contributed by atoms with E-state index in [0.29, 0.717) is 24.9 Å². The lowest BCUT2D eigenvalue weighted by Crippen LogP contribution is -2.58. The molecule has 3 aliphatic rings. The van der Waals surface area contributed by atoms with Crippen LogP contribution in [0.4, 0.5) is 0 Å². The molecule has 36 heavy (non-hydrogen) atoms. The van der Waals surface area contributed by atoms with Crippen LogP contribution in [0.2, 0.25) is 0 Å². The summed E-state index contributed by atoms with van der Waals surface area (Å²) in [6, 6.07) is 20.8. The third-order valence-corrected chi connectivity index (χ3v) is 8.69. The Balaban J connectivity index is 1.34. The van der Waals surface area contributed by atoms with Gasteiger partial charge >= 0.3 is 0 Å². The van der Waals surface area contributed by atoms with Gasteiger partial charge in [0.05, 0.1) is 6.04 Å². The maximum atomic E-state index is 13.9. The van der Waals surface area contributed by atoms with Gasteiger partial charge in [-0.1, -0.05) is 60.7 Å². The van der Waals surface area contributed by atoms with Crippen LogP contribution in [0.5, 0.6) is 0 Å². The number of carbonyl (C=O) groups excluding carboxylic acids is 2. The molecular formula is C30H40N4O2. The van der Waals surface area contributed by atoms with Crippen molar-refractivity contribution in [1.82, 2.24) is 20.4 Å². The fraction of sp³-hybridized carbons (Fsp3) is 0.533. The monoisotopic (exact) mass is 488 g/mol. The van der Waals surface area contributed by atoms with Crippen LogP contribution in [0.1, 0.15) is 62.0 Å². The van der Waals surface area contributed by atoms with Gasteiger partial charge in [-0.15, -0.1) is 0 Å². The summed E-state index contributed by atoms with van der Waals surface area (Å²) in [5.41, 5.74) is 2.51. The van der Waals surface area contributed by atoms with Crippen LogP contribution in [0.15, 0.2) is 60.7 Å². The zero-order valence-electron chi connectivity index (χ0n) is 21.6. The van der Waals surface area contributed by atoms with Crippen molar-refractivity contribution in [1.29, 1.82) is 0 Å². The first-order valence-corrected chi connectivity index (χ1v) is 13.7. The summed E-state index contributed by atoms with van der Waals surface area (Å²) >= 11 is 0. The molecule has 6 heteroatoms. The molecular weight excluding hydrogens is 448 g/mol. The highest BCUT2D eigenvalue weighted by molar-refractivity contribution is 5.91. The van der Waals surface area contributed by atoms with E-state index >= 15 is 0 Å². The number of nitrogens with zero attached hydrogens (tertiary/aromatic N) is 2. The van der Waals surface area contributed by atoms with Gasteiger partial charge in [0, 0.05) is 43.6 Å². The topological polar surface area (TPSA) is 64.7 Å². The highest BCUT2D eigenvalue weighted by Gasteiger charge is 2.45. The van der Waals surface area contributed by atoms with Crippen molar-refractivity contribution in [3.05, 3.63) is 71.8 Å². The van der Waals surface area contributed by atoms with Gasteiger partial charge in [0.25, 0.3) is 0 Å². The molecule has 3 fully saturated rings. The van der Waals surface area contributed by atoms with Gasteiger partial charge in [0.15, 0.2) is 0 Å². The Morgan fingerprint density at radius 2 is 1.56 bits per heavy atom. The summed E-state index contributed by atoms with van der Waals surface area (Å²) in [5.74, 6) is 0.774. The van der Waals surface area contributed by atoms with Crippen LogP contribution in [-0.2, 0) is 9.59 Å². The number of likely N-dealkylation sites (N-methyl/N-ethyl adjacent to an activating group) is 1. The fourth-order valence-corrected chi connectivity index (χ4v) is 6.41. The first-order chi connectivity index (χ1) is 17.5. The number of hydrogen-bond donors (Lipinski definition) is 2. The molecule has 3 aliphatic heterocycles. The van der Waals surface area contributed by atoms with Crippen molar-refractivity contribution in [3.63, 3.8) is 0 Å². The second kappa shape index (κ2) is 11.1. The highest BCUT2D eigenvalue weighted by atomic mass is 16.2. The summed E-state index contributed by atoms with van der Waals surface area (Å²) < 4.78 is 0. The fourth-order valence-electron chi connectivity index (χ4n) is 6.41. The maximum Gasteiger partial charge on any atom is 0.245 e. The lowest BCUT2D eigenvalue weighted by atomic mass is 9.93. The molecule has 2 amide bonds. The average Bonchev–Trinajstić information content (AvgIpc) is 3.61. The molecule has 4 unspecified atom stereocenters. The normalized spacial score (nSPS) is 29.3. The Labute approximate surface area is 215 Å². The Kier molecular flexibility index (Phi) is 7.73. The number of piperidine rings is 1. The number of rotatable bonds is 6. The first kappa shape index (κ1) is 25.0. The number of likely N-dealkylation sites (tertiary alicyclic amines) is 2. The second-order valence-electron chi connectivity index (χ2n) is 10.9. The Bertz CT molecular complexity index is 1030. The maximum absolute atomic E-state index is 13.9. The van der Waals surface area contributed by atoms with Crippen molar-refractivity contribution >= 4 is 11.8 Å². The SMILES string of the molecule is CNC(C)C1CCCC(C(=O)N2C[C@@H](c3ccccc3)C[C@H]2C(=O)N2CCC(c3ccccc3)C2)N1. The predicted octanol–water partition coefficient (Wildman–Crippen LogP) is 3.51. The molecule has 0 saturated carbocycles. The van der Waals surface area contributed by atoms with Gasteiger partial charge in [-0.05, 0) is 57.2 Å². The van der Waals surface area contributed by atoms with E-state index in [-0.39, 0.29) is 35.9 Å². The molecule has 2 aromatic carbocycles. The van der Waals surface area contributed by atoms with Crippen LogP contribution in [0, 0.1) is 0 Å². The molecule has 192 valence electrons. The van der Waals surface area contributed by atoms with Gasteiger partial charge in [-0.25, -0.2) is 0 Å². The van der Waals surface area contributed by atoms with E-state index in [9.17, 15) is 9.59 Å².